The molecule has 5 heteroatoms. The number of nitrogens with one attached hydrogen (secondary N) is 1. The molecule has 0 spiro atoms. The van der Waals surface area contributed by atoms with Crippen molar-refractivity contribution >= 4 is 11.8 Å². The van der Waals surface area contributed by atoms with E-state index in [4.69, 9.17) is 4.52 Å². The Hall–Kier alpha value is -0.550. The Morgan fingerprint density at radius 3 is 2.94 bits per heavy atom. The molecule has 2 heterocycles. The fourth-order valence-electron chi connectivity index (χ4n) is 1.89. The minimum absolute atomic E-state index is 0.727. The monoisotopic (exact) mass is 241 g/mol. The number of aromatic nitrogens is 2. The second kappa shape index (κ2) is 6.25. The number of aryl methyl sites for hydroxylation is 2. The van der Waals surface area contributed by atoms with Gasteiger partial charge in [0.05, 0.1) is 0 Å². The largest absolute Gasteiger partial charge is 0.339 e. The average Bonchev–Trinajstić information content (AvgIpc) is 2.72. The van der Waals surface area contributed by atoms with E-state index in [1.54, 1.807) is 0 Å². The van der Waals surface area contributed by atoms with Crippen LogP contribution in [0.4, 0.5) is 0 Å². The molecule has 0 radical (unpaired) electrons. The first kappa shape index (κ1) is 11.9. The highest BCUT2D eigenvalue weighted by atomic mass is 32.2. The molecule has 1 aromatic heterocycles. The van der Waals surface area contributed by atoms with Crippen LogP contribution in [-0.4, -0.2) is 34.2 Å². The van der Waals surface area contributed by atoms with E-state index in [1.807, 2.05) is 6.92 Å². The lowest BCUT2D eigenvalue weighted by atomic mass is 10.1. The predicted octanol–water partition coefficient (Wildman–Crippen LogP) is 1.80. The van der Waals surface area contributed by atoms with Crippen molar-refractivity contribution in [1.29, 1.82) is 0 Å². The van der Waals surface area contributed by atoms with Gasteiger partial charge in [-0.2, -0.15) is 16.7 Å². The van der Waals surface area contributed by atoms with E-state index in [0.717, 1.165) is 37.1 Å². The number of nitrogens with zero attached hydrogens (tertiary/aromatic N) is 2. The van der Waals surface area contributed by atoms with Crippen LogP contribution in [0.2, 0.25) is 0 Å². The second-order valence-corrected chi connectivity index (χ2v) is 5.40. The molecule has 1 aliphatic heterocycles. The van der Waals surface area contributed by atoms with E-state index in [9.17, 15) is 0 Å². The van der Waals surface area contributed by atoms with Crippen molar-refractivity contribution in [3.63, 3.8) is 0 Å². The van der Waals surface area contributed by atoms with Crippen LogP contribution in [-0.2, 0) is 6.42 Å². The summed E-state index contributed by atoms with van der Waals surface area (Å²) in [4.78, 5) is 4.19. The number of thioether (sulfide) groups is 1. The Bertz CT molecular complexity index is 310. The van der Waals surface area contributed by atoms with Crippen LogP contribution in [0.1, 0.15) is 31.0 Å². The maximum absolute atomic E-state index is 5.06. The first-order chi connectivity index (χ1) is 7.84. The van der Waals surface area contributed by atoms with Crippen LogP contribution in [0.5, 0.6) is 0 Å². The molecular formula is C11H19N3OS. The molecule has 1 fully saturated rings. The van der Waals surface area contributed by atoms with Gasteiger partial charge >= 0.3 is 0 Å². The van der Waals surface area contributed by atoms with E-state index in [-0.39, 0.29) is 0 Å². The SMILES string of the molecule is Cc1noc(CCCNC2CCSCC2)n1. The Morgan fingerprint density at radius 1 is 1.44 bits per heavy atom. The summed E-state index contributed by atoms with van der Waals surface area (Å²) in [5, 5.41) is 7.37. The predicted molar refractivity (Wildman–Crippen MR) is 65.7 cm³/mol. The van der Waals surface area contributed by atoms with Gasteiger partial charge in [-0.25, -0.2) is 0 Å². The Morgan fingerprint density at radius 2 is 2.25 bits per heavy atom. The summed E-state index contributed by atoms with van der Waals surface area (Å²) in [5.41, 5.74) is 0. The fraction of sp³-hybridized carbons (Fsp3) is 0.818. The maximum Gasteiger partial charge on any atom is 0.226 e. The Labute approximate surface area is 101 Å². The molecule has 0 aliphatic carbocycles. The van der Waals surface area contributed by atoms with Gasteiger partial charge in [0, 0.05) is 12.5 Å². The van der Waals surface area contributed by atoms with E-state index < -0.39 is 0 Å². The third-order valence-electron chi connectivity index (χ3n) is 2.79. The molecule has 1 saturated heterocycles. The van der Waals surface area contributed by atoms with Gasteiger partial charge in [-0.15, -0.1) is 0 Å². The van der Waals surface area contributed by atoms with Gasteiger partial charge < -0.3 is 9.84 Å². The first-order valence-corrected chi connectivity index (χ1v) is 7.10. The van der Waals surface area contributed by atoms with Crippen molar-refractivity contribution in [3.8, 4) is 0 Å². The molecule has 0 unspecified atom stereocenters. The van der Waals surface area contributed by atoms with Crippen molar-refractivity contribution in [2.45, 2.75) is 38.6 Å². The molecule has 0 atom stereocenters. The molecule has 0 saturated carbocycles. The zero-order valence-electron chi connectivity index (χ0n) is 9.74. The standard InChI is InChI=1S/C11H19N3OS/c1-9-13-11(15-14-9)3-2-6-12-10-4-7-16-8-5-10/h10,12H,2-8H2,1H3. The van der Waals surface area contributed by atoms with Gasteiger partial charge in [-0.1, -0.05) is 5.16 Å². The van der Waals surface area contributed by atoms with Crippen LogP contribution in [0, 0.1) is 6.92 Å². The second-order valence-electron chi connectivity index (χ2n) is 4.18. The quantitative estimate of drug-likeness (QED) is 0.797. The Kier molecular flexibility index (Phi) is 4.66. The summed E-state index contributed by atoms with van der Waals surface area (Å²) in [6.45, 7) is 2.90. The molecule has 1 aromatic rings. The van der Waals surface area contributed by atoms with E-state index in [1.165, 1.54) is 24.3 Å². The van der Waals surface area contributed by atoms with Crippen molar-refractivity contribution in [3.05, 3.63) is 11.7 Å². The molecule has 16 heavy (non-hydrogen) atoms. The van der Waals surface area contributed by atoms with Gasteiger partial charge in [0.25, 0.3) is 0 Å². The van der Waals surface area contributed by atoms with Crippen LogP contribution in [0.15, 0.2) is 4.52 Å². The lowest BCUT2D eigenvalue weighted by molar-refractivity contribution is 0.368. The van der Waals surface area contributed by atoms with Gasteiger partial charge in [0.1, 0.15) is 0 Å². The molecule has 0 aromatic carbocycles. The van der Waals surface area contributed by atoms with E-state index in [2.05, 4.69) is 27.2 Å². The van der Waals surface area contributed by atoms with Crippen molar-refractivity contribution in [2.24, 2.45) is 0 Å². The summed E-state index contributed by atoms with van der Waals surface area (Å²) < 4.78 is 5.06. The summed E-state index contributed by atoms with van der Waals surface area (Å²) in [6.07, 6.45) is 4.58. The third-order valence-corrected chi connectivity index (χ3v) is 3.84. The topological polar surface area (TPSA) is 51.0 Å². The third kappa shape index (κ3) is 3.79. The fourth-order valence-corrected chi connectivity index (χ4v) is 3.00. The van der Waals surface area contributed by atoms with Gasteiger partial charge in [-0.3, -0.25) is 0 Å². The zero-order valence-corrected chi connectivity index (χ0v) is 10.6. The Balaban J connectivity index is 1.57. The summed E-state index contributed by atoms with van der Waals surface area (Å²) >= 11 is 2.06. The number of rotatable bonds is 5. The van der Waals surface area contributed by atoms with Crippen LogP contribution in [0.3, 0.4) is 0 Å². The highest BCUT2D eigenvalue weighted by Crippen LogP contribution is 2.16. The molecule has 4 nitrogen and oxygen atoms in total. The van der Waals surface area contributed by atoms with Crippen molar-refractivity contribution < 1.29 is 4.52 Å². The molecule has 1 N–H and O–H groups in total. The summed E-state index contributed by atoms with van der Waals surface area (Å²) in [5.74, 6) is 4.10. The van der Waals surface area contributed by atoms with Crippen LogP contribution in [0.25, 0.3) is 0 Å². The van der Waals surface area contributed by atoms with Crippen molar-refractivity contribution in [2.75, 3.05) is 18.1 Å². The smallest absolute Gasteiger partial charge is 0.226 e. The molecule has 0 bridgehead atoms. The lowest BCUT2D eigenvalue weighted by Crippen LogP contribution is -2.33. The molecule has 90 valence electrons. The average molecular weight is 241 g/mol. The van der Waals surface area contributed by atoms with Crippen molar-refractivity contribution in [1.82, 2.24) is 15.5 Å². The number of hydrogen-bond donors (Lipinski definition) is 1. The highest BCUT2D eigenvalue weighted by Gasteiger charge is 2.12. The lowest BCUT2D eigenvalue weighted by Gasteiger charge is -2.22. The normalized spacial score (nSPS) is 17.8. The molecule has 2 rings (SSSR count). The molecule has 1 aliphatic rings. The minimum atomic E-state index is 0.727. The van der Waals surface area contributed by atoms with Gasteiger partial charge in [0.2, 0.25) is 5.89 Å². The van der Waals surface area contributed by atoms with Crippen LogP contribution < -0.4 is 5.32 Å². The summed E-state index contributed by atoms with van der Waals surface area (Å²) in [6, 6.07) is 0.727. The first-order valence-electron chi connectivity index (χ1n) is 5.95. The maximum atomic E-state index is 5.06. The minimum Gasteiger partial charge on any atom is -0.339 e. The highest BCUT2D eigenvalue weighted by molar-refractivity contribution is 7.99. The van der Waals surface area contributed by atoms with Gasteiger partial charge in [0.15, 0.2) is 5.82 Å². The van der Waals surface area contributed by atoms with Gasteiger partial charge in [-0.05, 0) is 44.2 Å². The van der Waals surface area contributed by atoms with E-state index >= 15 is 0 Å². The summed E-state index contributed by atoms with van der Waals surface area (Å²) in [7, 11) is 0. The molecule has 0 amide bonds. The van der Waals surface area contributed by atoms with Crippen LogP contribution >= 0.6 is 11.8 Å². The number of hydrogen-bond acceptors (Lipinski definition) is 5. The zero-order chi connectivity index (χ0) is 11.2. The van der Waals surface area contributed by atoms with E-state index in [0.29, 0.717) is 0 Å². The molecular weight excluding hydrogens is 222 g/mol.